The lowest BCUT2D eigenvalue weighted by Gasteiger charge is -2.37. The first-order valence-corrected chi connectivity index (χ1v) is 11.5. The van der Waals surface area contributed by atoms with Gasteiger partial charge in [-0.3, -0.25) is 4.90 Å². The van der Waals surface area contributed by atoms with Crippen molar-refractivity contribution in [2.45, 2.75) is 20.0 Å². The molecular formula is C25H36IN5O. The number of morpholine rings is 1. The van der Waals surface area contributed by atoms with Crippen LogP contribution in [0.25, 0.3) is 0 Å². The van der Waals surface area contributed by atoms with Crippen molar-refractivity contribution in [1.82, 2.24) is 15.1 Å². The summed E-state index contributed by atoms with van der Waals surface area (Å²) in [5.74, 6) is 1.02. The number of para-hydroxylation sites is 1. The van der Waals surface area contributed by atoms with Gasteiger partial charge in [-0.05, 0) is 30.2 Å². The number of aliphatic imine (C=N–C) groups is 1. The van der Waals surface area contributed by atoms with Gasteiger partial charge in [-0.1, -0.05) is 42.5 Å². The minimum absolute atomic E-state index is 0. The number of benzene rings is 2. The van der Waals surface area contributed by atoms with Gasteiger partial charge in [-0.15, -0.1) is 24.0 Å². The minimum Gasteiger partial charge on any atom is -0.379 e. The second-order valence-electron chi connectivity index (χ2n) is 8.19. The van der Waals surface area contributed by atoms with E-state index in [4.69, 9.17) is 9.73 Å². The van der Waals surface area contributed by atoms with Gasteiger partial charge in [0.15, 0.2) is 5.96 Å². The van der Waals surface area contributed by atoms with Gasteiger partial charge in [0.05, 0.1) is 19.8 Å². The van der Waals surface area contributed by atoms with Crippen molar-refractivity contribution >= 4 is 35.6 Å². The molecule has 0 saturated carbocycles. The quantitative estimate of drug-likeness (QED) is 0.340. The van der Waals surface area contributed by atoms with E-state index in [1.807, 2.05) is 0 Å². The van der Waals surface area contributed by atoms with Crippen LogP contribution in [-0.2, 0) is 17.8 Å². The number of rotatable bonds is 6. The largest absolute Gasteiger partial charge is 0.379 e. The predicted octanol–water partition coefficient (Wildman–Crippen LogP) is 3.42. The van der Waals surface area contributed by atoms with Gasteiger partial charge in [0.1, 0.15) is 0 Å². The molecule has 1 N–H and O–H groups in total. The zero-order valence-electron chi connectivity index (χ0n) is 19.1. The normalized spacial score (nSPS) is 17.7. The fourth-order valence-corrected chi connectivity index (χ4v) is 4.25. The Morgan fingerprint density at radius 1 is 0.906 bits per heavy atom. The number of hydrogen-bond acceptors (Lipinski definition) is 4. The van der Waals surface area contributed by atoms with Crippen molar-refractivity contribution in [3.05, 3.63) is 65.7 Å². The Hall–Kier alpha value is -1.84. The summed E-state index contributed by atoms with van der Waals surface area (Å²) in [5.41, 5.74) is 3.93. The number of nitrogens with one attached hydrogen (secondary N) is 1. The summed E-state index contributed by atoms with van der Waals surface area (Å²) in [6, 6.07) is 19.5. The molecule has 2 heterocycles. The third kappa shape index (κ3) is 7.08. The Kier molecular flexibility index (Phi) is 10.1. The van der Waals surface area contributed by atoms with Crippen LogP contribution in [0.4, 0.5) is 5.69 Å². The van der Waals surface area contributed by atoms with Crippen LogP contribution in [0.1, 0.15) is 18.1 Å². The molecule has 4 rings (SSSR count). The fourth-order valence-electron chi connectivity index (χ4n) is 4.25. The average molecular weight is 550 g/mol. The highest BCUT2D eigenvalue weighted by atomic mass is 127. The lowest BCUT2D eigenvalue weighted by molar-refractivity contribution is 0.0342. The molecule has 6 nitrogen and oxygen atoms in total. The van der Waals surface area contributed by atoms with Crippen molar-refractivity contribution in [2.24, 2.45) is 4.99 Å². The lowest BCUT2D eigenvalue weighted by atomic mass is 10.1. The number of nitrogens with zero attached hydrogens (tertiary/aromatic N) is 4. The first-order valence-electron chi connectivity index (χ1n) is 11.5. The maximum absolute atomic E-state index is 5.46. The van der Waals surface area contributed by atoms with Gasteiger partial charge in [0.2, 0.25) is 0 Å². The van der Waals surface area contributed by atoms with Crippen molar-refractivity contribution in [2.75, 3.05) is 63.9 Å². The highest BCUT2D eigenvalue weighted by Gasteiger charge is 2.19. The Balaban J connectivity index is 0.00000289. The maximum Gasteiger partial charge on any atom is 0.194 e. The van der Waals surface area contributed by atoms with Crippen LogP contribution in [0.2, 0.25) is 0 Å². The van der Waals surface area contributed by atoms with Crippen LogP contribution < -0.4 is 10.2 Å². The zero-order chi connectivity index (χ0) is 21.3. The van der Waals surface area contributed by atoms with E-state index in [0.717, 1.165) is 71.5 Å². The SMILES string of the molecule is CCNC(=NCc1cccc(CN2CCOCC2)c1)N1CCN(c2ccccc2)CC1.I. The lowest BCUT2D eigenvalue weighted by Crippen LogP contribution is -2.52. The van der Waals surface area contributed by atoms with Crippen LogP contribution in [-0.4, -0.2) is 74.8 Å². The molecule has 0 aliphatic carbocycles. The topological polar surface area (TPSA) is 43.3 Å². The molecule has 2 aromatic carbocycles. The van der Waals surface area contributed by atoms with Crippen molar-refractivity contribution in [3.63, 3.8) is 0 Å². The predicted molar refractivity (Wildman–Crippen MR) is 143 cm³/mol. The Morgan fingerprint density at radius 3 is 2.34 bits per heavy atom. The van der Waals surface area contributed by atoms with E-state index in [9.17, 15) is 0 Å². The zero-order valence-corrected chi connectivity index (χ0v) is 21.4. The third-order valence-electron chi connectivity index (χ3n) is 5.95. The van der Waals surface area contributed by atoms with Crippen LogP contribution >= 0.6 is 24.0 Å². The number of anilines is 1. The summed E-state index contributed by atoms with van der Waals surface area (Å²) in [6.45, 7) is 12.4. The van der Waals surface area contributed by atoms with Crippen molar-refractivity contribution < 1.29 is 4.74 Å². The van der Waals surface area contributed by atoms with Gasteiger partial charge in [0, 0.05) is 58.0 Å². The van der Waals surface area contributed by atoms with Gasteiger partial charge >= 0.3 is 0 Å². The number of piperazine rings is 1. The van der Waals surface area contributed by atoms with E-state index in [1.54, 1.807) is 0 Å². The second-order valence-corrected chi connectivity index (χ2v) is 8.19. The monoisotopic (exact) mass is 549 g/mol. The highest BCUT2D eigenvalue weighted by Crippen LogP contribution is 2.16. The van der Waals surface area contributed by atoms with E-state index >= 15 is 0 Å². The summed E-state index contributed by atoms with van der Waals surface area (Å²) >= 11 is 0. The smallest absolute Gasteiger partial charge is 0.194 e. The molecule has 0 aromatic heterocycles. The molecule has 0 radical (unpaired) electrons. The van der Waals surface area contributed by atoms with E-state index < -0.39 is 0 Å². The van der Waals surface area contributed by atoms with Crippen LogP contribution in [0.5, 0.6) is 0 Å². The van der Waals surface area contributed by atoms with Gasteiger partial charge in [-0.2, -0.15) is 0 Å². The van der Waals surface area contributed by atoms with Crippen LogP contribution in [0.15, 0.2) is 59.6 Å². The fraction of sp³-hybridized carbons (Fsp3) is 0.480. The highest BCUT2D eigenvalue weighted by molar-refractivity contribution is 14.0. The summed E-state index contributed by atoms with van der Waals surface area (Å²) < 4.78 is 5.46. The molecule has 32 heavy (non-hydrogen) atoms. The minimum atomic E-state index is 0. The number of guanidine groups is 1. The first kappa shape index (κ1) is 24.8. The molecule has 0 spiro atoms. The van der Waals surface area contributed by atoms with Gasteiger partial charge in [0.25, 0.3) is 0 Å². The van der Waals surface area contributed by atoms with Crippen molar-refractivity contribution in [1.29, 1.82) is 0 Å². The molecular weight excluding hydrogens is 513 g/mol. The molecule has 2 saturated heterocycles. The van der Waals surface area contributed by atoms with Crippen LogP contribution in [0, 0.1) is 0 Å². The molecule has 7 heteroatoms. The van der Waals surface area contributed by atoms with E-state index in [-0.39, 0.29) is 24.0 Å². The average Bonchev–Trinajstić information content (AvgIpc) is 2.83. The van der Waals surface area contributed by atoms with E-state index in [2.05, 4.69) is 81.5 Å². The number of halogens is 1. The summed E-state index contributed by atoms with van der Waals surface area (Å²) in [6.07, 6.45) is 0. The molecule has 2 aliphatic heterocycles. The Bertz CT molecular complexity index is 833. The second kappa shape index (κ2) is 13.0. The van der Waals surface area contributed by atoms with Crippen molar-refractivity contribution in [3.8, 4) is 0 Å². The Labute approximate surface area is 209 Å². The number of ether oxygens (including phenoxy) is 1. The molecule has 0 bridgehead atoms. The standard InChI is InChI=1S/C25H35N5O.HI/c1-2-26-25(30-13-11-29(12-14-30)24-9-4-3-5-10-24)27-20-22-7-6-8-23(19-22)21-28-15-17-31-18-16-28;/h3-10,19H,2,11-18,20-21H2,1H3,(H,26,27);1H. The third-order valence-corrected chi connectivity index (χ3v) is 5.95. The van der Waals surface area contributed by atoms with E-state index in [1.165, 1.54) is 16.8 Å². The molecule has 2 fully saturated rings. The number of hydrogen-bond donors (Lipinski definition) is 1. The van der Waals surface area contributed by atoms with Gasteiger partial charge in [-0.25, -0.2) is 4.99 Å². The molecule has 2 aliphatic rings. The molecule has 2 aromatic rings. The molecule has 174 valence electrons. The molecule has 0 atom stereocenters. The van der Waals surface area contributed by atoms with E-state index in [0.29, 0.717) is 6.54 Å². The summed E-state index contributed by atoms with van der Waals surface area (Å²) in [4.78, 5) is 12.3. The summed E-state index contributed by atoms with van der Waals surface area (Å²) in [7, 11) is 0. The Morgan fingerprint density at radius 2 is 1.62 bits per heavy atom. The summed E-state index contributed by atoms with van der Waals surface area (Å²) in [5, 5.41) is 3.49. The maximum atomic E-state index is 5.46. The van der Waals surface area contributed by atoms with Crippen LogP contribution in [0.3, 0.4) is 0 Å². The first-order chi connectivity index (χ1) is 15.3. The van der Waals surface area contributed by atoms with Gasteiger partial charge < -0.3 is 19.9 Å². The molecule has 0 unspecified atom stereocenters. The molecule has 0 amide bonds.